The van der Waals surface area contributed by atoms with Gasteiger partial charge in [-0.1, -0.05) is 57.1 Å². The van der Waals surface area contributed by atoms with Gasteiger partial charge in [-0.2, -0.15) is 0 Å². The minimum atomic E-state index is -0.676. The quantitative estimate of drug-likeness (QED) is 0.114. The van der Waals surface area contributed by atoms with E-state index in [2.05, 4.69) is 67.1 Å². The first-order valence-corrected chi connectivity index (χ1v) is 20.0. The third kappa shape index (κ3) is 24.4. The molecule has 0 unspecified atom stereocenters. The van der Waals surface area contributed by atoms with Gasteiger partial charge in [0.1, 0.15) is 76.0 Å². The number of halogens is 4. The van der Waals surface area contributed by atoms with Gasteiger partial charge >= 0.3 is 0 Å². The average Bonchev–Trinajstić information content (AvgIpc) is 3.31. The highest BCUT2D eigenvalue weighted by atomic mass is 35.5. The van der Waals surface area contributed by atoms with E-state index in [1.165, 1.54) is 13.1 Å². The van der Waals surface area contributed by atoms with Gasteiger partial charge in [0, 0.05) is 74.1 Å². The van der Waals surface area contributed by atoms with Crippen LogP contribution in [-0.2, 0) is 0 Å². The molecule has 0 spiro atoms. The molecule has 0 aliphatic heterocycles. The smallest absolute Gasteiger partial charge is 0.222 e. The Morgan fingerprint density at radius 2 is 0.910 bits per heavy atom. The first-order chi connectivity index (χ1) is 31.9. The number of nitrogens with one attached hydrogen (secondary N) is 7. The van der Waals surface area contributed by atoms with Crippen LogP contribution in [0.3, 0.4) is 0 Å². The number of anilines is 7. The van der Waals surface area contributed by atoms with Crippen molar-refractivity contribution in [3.8, 4) is 0 Å². The summed E-state index contributed by atoms with van der Waals surface area (Å²) in [5, 5.41) is 20.1. The Kier molecular flexibility index (Phi) is 28.6. The monoisotopic (exact) mass is 913 g/mol. The van der Waals surface area contributed by atoms with Crippen molar-refractivity contribution in [2.75, 3.05) is 86.6 Å². The van der Waals surface area contributed by atoms with Crippen molar-refractivity contribution in [3.63, 3.8) is 0 Å². The molecule has 4 heterocycles. The van der Waals surface area contributed by atoms with Crippen LogP contribution in [0.1, 0.15) is 0 Å². The minimum Gasteiger partial charge on any atom is -0.387 e. The lowest BCUT2D eigenvalue weighted by atomic mass is 9.96. The van der Waals surface area contributed by atoms with E-state index >= 15 is 0 Å². The van der Waals surface area contributed by atoms with Crippen LogP contribution >= 0.6 is 11.6 Å². The molecule has 0 fully saturated rings. The molecule has 0 saturated carbocycles. The van der Waals surface area contributed by atoms with E-state index in [-0.39, 0.29) is 17.0 Å². The molecule has 67 heavy (non-hydrogen) atoms. The van der Waals surface area contributed by atoms with Crippen LogP contribution in [0.5, 0.6) is 0 Å². The average molecular weight is 913 g/mol. The molecule has 24 heteroatoms. The predicted molar refractivity (Wildman–Crippen MR) is 281 cm³/mol. The third-order valence-corrected chi connectivity index (χ3v) is 8.13. The van der Waals surface area contributed by atoms with Crippen molar-refractivity contribution in [3.05, 3.63) is 132 Å². The zero-order valence-electron chi connectivity index (χ0n) is 38.1. The predicted octanol–water partition coefficient (Wildman–Crippen LogP) is 1.10. The molecule has 4 aromatic heterocycles. The van der Waals surface area contributed by atoms with Crippen molar-refractivity contribution >= 4 is 145 Å². The van der Waals surface area contributed by atoms with Gasteiger partial charge in [-0.15, -0.1) is 0 Å². The lowest BCUT2D eigenvalue weighted by molar-refractivity contribution is 0.592. The molecule has 0 saturated heterocycles. The maximum Gasteiger partial charge on any atom is 0.222 e. The van der Waals surface area contributed by atoms with E-state index in [0.717, 1.165) is 35.0 Å². The van der Waals surface area contributed by atoms with E-state index in [0.29, 0.717) is 49.8 Å². The van der Waals surface area contributed by atoms with Gasteiger partial charge in [-0.05, 0) is 60.2 Å². The van der Waals surface area contributed by atoms with E-state index in [1.807, 2.05) is 39.3 Å². The molecule has 7 aromatic rings. The molecule has 0 aliphatic carbocycles. The molecule has 3 aromatic carbocycles. The zero-order valence-corrected chi connectivity index (χ0v) is 38.9. The van der Waals surface area contributed by atoms with Crippen molar-refractivity contribution in [1.82, 2.24) is 29.9 Å². The highest BCUT2D eigenvalue weighted by Gasteiger charge is 2.06. The van der Waals surface area contributed by atoms with Gasteiger partial charge in [0.15, 0.2) is 7.85 Å². The first-order valence-electron chi connectivity index (χ1n) is 19.6. The minimum absolute atomic E-state index is 0.0824. The maximum atomic E-state index is 12.7. The second-order valence-electron chi connectivity index (χ2n) is 12.7. The van der Waals surface area contributed by atoms with Gasteiger partial charge in [0.25, 0.3) is 0 Å². The lowest BCUT2D eigenvalue weighted by Crippen LogP contribution is -2.12. The lowest BCUT2D eigenvalue weighted by Gasteiger charge is -2.04. The van der Waals surface area contributed by atoms with Crippen molar-refractivity contribution < 1.29 is 13.2 Å². The first kappa shape index (κ1) is 58.3. The van der Waals surface area contributed by atoms with Crippen LogP contribution in [0.25, 0.3) is 0 Å². The van der Waals surface area contributed by atoms with Gasteiger partial charge in [0.2, 0.25) is 5.95 Å². The summed E-state index contributed by atoms with van der Waals surface area (Å²) in [5.41, 5.74) is 6.38. The molecular weight excluding hydrogens is 867 g/mol. The number of nitrogens with zero attached hydrogens (tertiary/aromatic N) is 6. The summed E-state index contributed by atoms with van der Waals surface area (Å²) in [6, 6.07) is 19.3. The van der Waals surface area contributed by atoms with Gasteiger partial charge in [0.05, 0.1) is 45.9 Å². The number of benzene rings is 3. The maximum absolute atomic E-state index is 12.7. The fourth-order valence-electron chi connectivity index (χ4n) is 4.34. The summed E-state index contributed by atoms with van der Waals surface area (Å²) in [6.45, 7) is 0. The number of rotatable bonds is 7. The summed E-state index contributed by atoms with van der Waals surface area (Å²) in [5.74, 6) is -0.245. The number of hydrogen-bond donors (Lipinski definition) is 7. The summed E-state index contributed by atoms with van der Waals surface area (Å²) in [7, 11) is 49.4. The molecule has 14 radical (unpaired) electrons. The van der Waals surface area contributed by atoms with Crippen LogP contribution in [0, 0.1) is 17.5 Å². The molecule has 332 valence electrons. The number of hydrogen-bond acceptors (Lipinski definition) is 13. The highest BCUT2D eigenvalue weighted by Crippen LogP contribution is 2.18. The molecule has 13 nitrogen and oxygen atoms in total. The molecule has 7 N–H and O–H groups in total. The van der Waals surface area contributed by atoms with Crippen molar-refractivity contribution in [1.29, 1.82) is 0 Å². The van der Waals surface area contributed by atoms with Gasteiger partial charge in [-0.3, -0.25) is 15.0 Å². The number of aromatic nitrogens is 6. The van der Waals surface area contributed by atoms with E-state index < -0.39 is 11.6 Å². The SMILES string of the molecule is [B]c1cc(F)c(NC)c(F)c1.[B]c1ccc(NC)c(Cl)c1.[B]c1ccc(NC)c(F)c1.[B]c1ccc(NC)cn1.[B]c1ccc(NC)nc1.[B]c1cnc(NC)nc1.[B]c1ncc(NC)cn1. The Morgan fingerprint density at radius 1 is 0.403 bits per heavy atom. The Hall–Kier alpha value is -6.75. The molecule has 0 amide bonds. The molecule has 7 rings (SSSR count). The zero-order chi connectivity index (χ0) is 50.3. The summed E-state index contributed by atoms with van der Waals surface area (Å²) >= 11 is 5.79. The Balaban J connectivity index is 0.000000391. The van der Waals surface area contributed by atoms with Crippen LogP contribution in [0.15, 0.2) is 110 Å². The molecule has 0 bridgehead atoms. The van der Waals surface area contributed by atoms with Crippen LogP contribution < -0.4 is 75.8 Å². The van der Waals surface area contributed by atoms with Crippen molar-refractivity contribution in [2.45, 2.75) is 0 Å². The fraction of sp³-hybridized carbons (Fsp3) is 0.163. The highest BCUT2D eigenvalue weighted by molar-refractivity contribution is 6.38. The van der Waals surface area contributed by atoms with E-state index in [4.69, 9.17) is 66.5 Å². The third-order valence-electron chi connectivity index (χ3n) is 7.81. The number of pyridine rings is 2. The fourth-order valence-corrected chi connectivity index (χ4v) is 4.62. The van der Waals surface area contributed by atoms with Crippen LogP contribution in [0.4, 0.5) is 53.4 Å². The normalized spacial score (nSPS) is 9.24. The summed E-state index contributed by atoms with van der Waals surface area (Å²) < 4.78 is 38.2. The molecular formula is C43H46B7ClF3N13. The van der Waals surface area contributed by atoms with Crippen LogP contribution in [-0.4, -0.2) is 134 Å². The Labute approximate surface area is 405 Å². The standard InChI is InChI=1S/C7H7BClN.C7H6BF2N.C7H7BFN.2C6H7BN2.2C5H6BN3/c1-10-7-3-2-5(8)4-6(7)9;1-11-7-5(9)2-4(8)3-6(7)10;1-10-7-3-2-5(8)4-6(7)9;1-8-5-2-3-6(7)9-4-5;1-8-6-3-2-5(7)4-9-6;1-7-4-2-8-5(6)9-3-4;1-7-5-8-2-4(6)3-9-5/h2-4,10H,1H3;2-3,11H,1H3;2-4,10H,1H3;2-4,8H,1H3;2-4H,1H3,(H,8,9);2-3,7H,1H3;2-3H,1H3,(H,7,8,9). The summed E-state index contributed by atoms with van der Waals surface area (Å²) in [4.78, 5) is 23.0. The Morgan fingerprint density at radius 3 is 1.34 bits per heavy atom. The second kappa shape index (κ2) is 32.8. The van der Waals surface area contributed by atoms with Crippen LogP contribution in [0.2, 0.25) is 5.02 Å². The summed E-state index contributed by atoms with van der Waals surface area (Å²) in [6.07, 6.45) is 9.67. The van der Waals surface area contributed by atoms with E-state index in [1.54, 1.807) is 94.7 Å². The Bertz CT molecular complexity index is 2200. The van der Waals surface area contributed by atoms with E-state index in [9.17, 15) is 13.2 Å². The van der Waals surface area contributed by atoms with Gasteiger partial charge < -0.3 is 37.2 Å². The molecule has 0 atom stereocenters. The van der Waals surface area contributed by atoms with Crippen molar-refractivity contribution in [2.24, 2.45) is 0 Å². The molecule has 0 aliphatic rings. The second-order valence-corrected chi connectivity index (χ2v) is 13.1. The largest absolute Gasteiger partial charge is 0.387 e. The van der Waals surface area contributed by atoms with Gasteiger partial charge in [-0.25, -0.2) is 28.1 Å². The topological polar surface area (TPSA) is 162 Å².